The molecular weight excluding hydrogens is 192 g/mol. The van der Waals surface area contributed by atoms with Crippen LogP contribution >= 0.6 is 0 Å². The lowest BCUT2D eigenvalue weighted by Crippen LogP contribution is -2.35. The zero-order chi connectivity index (χ0) is 9.90. The number of nitrogens with one attached hydrogen (secondary N) is 1. The molecule has 0 fully saturated rings. The van der Waals surface area contributed by atoms with Crippen LogP contribution in [-0.2, 0) is 10.2 Å². The molecule has 3 N–H and O–H groups in total. The molecule has 0 bridgehead atoms. The summed E-state index contributed by atoms with van der Waals surface area (Å²) in [5, 5.41) is 4.61. The van der Waals surface area contributed by atoms with E-state index in [9.17, 15) is 13.2 Å². The van der Waals surface area contributed by atoms with Gasteiger partial charge in [-0.3, -0.25) is 4.79 Å². The number of carbonyl (C=O) groups is 1. The Hall–Kier alpha value is -1.40. The number of nitrogens with two attached hydrogens (primary N) is 1. The third-order valence-electron chi connectivity index (χ3n) is 1.27. The van der Waals surface area contributed by atoms with E-state index in [1.165, 1.54) is 12.1 Å². The van der Waals surface area contributed by atoms with Crippen molar-refractivity contribution in [2.75, 3.05) is 0 Å². The van der Waals surface area contributed by atoms with E-state index in [1.807, 2.05) is 0 Å². The molecule has 1 amide bonds. The highest BCUT2D eigenvalue weighted by molar-refractivity contribution is 7.87. The Labute approximate surface area is 75.7 Å². The molecule has 0 atom stereocenters. The summed E-state index contributed by atoms with van der Waals surface area (Å²) in [7, 11) is -3.97. The molecule has 0 saturated heterocycles. The van der Waals surface area contributed by atoms with Crippen molar-refractivity contribution in [1.29, 1.82) is 0 Å². The Kier molecular flexibility index (Phi) is 2.64. The predicted octanol–water partition coefficient (Wildman–Crippen LogP) is -0.380. The van der Waals surface area contributed by atoms with E-state index in [1.54, 1.807) is 22.9 Å². The molecule has 0 radical (unpaired) electrons. The topological polar surface area (TPSA) is 89.3 Å². The average Bonchev–Trinajstić information content (AvgIpc) is 2.03. The van der Waals surface area contributed by atoms with Crippen LogP contribution in [0.25, 0.3) is 0 Å². The van der Waals surface area contributed by atoms with Gasteiger partial charge in [0.1, 0.15) is 0 Å². The quantitative estimate of drug-likeness (QED) is 0.682. The number of rotatable bonds is 2. The number of hydrogen-bond acceptors (Lipinski definition) is 3. The molecular formula is C7H8N2O3S. The lowest BCUT2D eigenvalue weighted by atomic mass is 10.2. The molecule has 0 saturated carbocycles. The zero-order valence-electron chi connectivity index (χ0n) is 6.60. The van der Waals surface area contributed by atoms with Crippen molar-refractivity contribution in [2.45, 2.75) is 0 Å². The van der Waals surface area contributed by atoms with Gasteiger partial charge in [0.15, 0.2) is 0 Å². The first-order chi connectivity index (χ1) is 5.99. The normalized spacial score (nSPS) is 10.8. The predicted molar refractivity (Wildman–Crippen MR) is 47.0 cm³/mol. The summed E-state index contributed by atoms with van der Waals surface area (Å²) in [6.45, 7) is 0. The molecule has 13 heavy (non-hydrogen) atoms. The Morgan fingerprint density at radius 2 is 1.77 bits per heavy atom. The minimum atomic E-state index is -3.97. The SMILES string of the molecule is NS(=O)(=O)NC(=O)c1ccccc1. The maximum atomic E-state index is 11.1. The second kappa shape index (κ2) is 3.55. The summed E-state index contributed by atoms with van der Waals surface area (Å²) in [6, 6.07) is 7.94. The van der Waals surface area contributed by atoms with Gasteiger partial charge < -0.3 is 0 Å². The lowest BCUT2D eigenvalue weighted by Gasteiger charge is -2.00. The minimum Gasteiger partial charge on any atom is -0.268 e. The monoisotopic (exact) mass is 200 g/mol. The van der Waals surface area contributed by atoms with E-state index < -0.39 is 16.1 Å². The van der Waals surface area contributed by atoms with Gasteiger partial charge >= 0.3 is 0 Å². The standard InChI is InChI=1S/C7H8N2O3S/c8-13(11,12)9-7(10)6-4-2-1-3-5-6/h1-5H,(H,9,10)(H2,8,11,12). The van der Waals surface area contributed by atoms with Gasteiger partial charge in [-0.05, 0) is 12.1 Å². The third-order valence-corrected chi connectivity index (χ3v) is 1.74. The number of carbonyl (C=O) groups excluding carboxylic acids is 1. The largest absolute Gasteiger partial charge is 0.298 e. The van der Waals surface area contributed by atoms with Gasteiger partial charge in [0.25, 0.3) is 16.1 Å². The van der Waals surface area contributed by atoms with E-state index >= 15 is 0 Å². The van der Waals surface area contributed by atoms with Crippen LogP contribution in [0.3, 0.4) is 0 Å². The molecule has 1 aromatic carbocycles. The van der Waals surface area contributed by atoms with Crippen LogP contribution in [0.4, 0.5) is 0 Å². The van der Waals surface area contributed by atoms with Gasteiger partial charge in [0, 0.05) is 5.56 Å². The first kappa shape index (κ1) is 9.69. The zero-order valence-corrected chi connectivity index (χ0v) is 7.41. The molecule has 0 aliphatic heterocycles. The van der Waals surface area contributed by atoms with Crippen LogP contribution in [0.1, 0.15) is 10.4 Å². The van der Waals surface area contributed by atoms with Crippen LogP contribution in [0.15, 0.2) is 30.3 Å². The summed E-state index contributed by atoms with van der Waals surface area (Å²) in [5.74, 6) is -0.733. The smallest absolute Gasteiger partial charge is 0.268 e. The van der Waals surface area contributed by atoms with Crippen molar-refractivity contribution in [2.24, 2.45) is 5.14 Å². The second-order valence-electron chi connectivity index (χ2n) is 2.34. The number of amides is 1. The van der Waals surface area contributed by atoms with Gasteiger partial charge in [-0.15, -0.1) is 0 Å². The minimum absolute atomic E-state index is 0.247. The highest BCUT2D eigenvalue weighted by atomic mass is 32.2. The molecule has 0 aromatic heterocycles. The highest BCUT2D eigenvalue weighted by Crippen LogP contribution is 1.97. The molecule has 0 aliphatic carbocycles. The summed E-state index contributed by atoms with van der Waals surface area (Å²) >= 11 is 0. The molecule has 0 spiro atoms. The van der Waals surface area contributed by atoms with Crippen LogP contribution in [0, 0.1) is 0 Å². The molecule has 1 aromatic rings. The van der Waals surface area contributed by atoms with Crippen molar-refractivity contribution in [3.8, 4) is 0 Å². The van der Waals surface area contributed by atoms with Gasteiger partial charge in [0.2, 0.25) is 0 Å². The molecule has 0 aliphatic rings. The van der Waals surface area contributed by atoms with Crippen LogP contribution in [0.5, 0.6) is 0 Å². The summed E-state index contributed by atoms with van der Waals surface area (Å²) in [6.07, 6.45) is 0. The fourth-order valence-corrected chi connectivity index (χ4v) is 1.15. The number of hydrogen-bond donors (Lipinski definition) is 2. The highest BCUT2D eigenvalue weighted by Gasteiger charge is 2.09. The second-order valence-corrected chi connectivity index (χ2v) is 3.64. The van der Waals surface area contributed by atoms with Gasteiger partial charge in [-0.25, -0.2) is 9.86 Å². The van der Waals surface area contributed by atoms with Gasteiger partial charge in [-0.1, -0.05) is 18.2 Å². The van der Waals surface area contributed by atoms with Gasteiger partial charge in [-0.2, -0.15) is 8.42 Å². The van der Waals surface area contributed by atoms with E-state index in [0.717, 1.165) is 0 Å². The van der Waals surface area contributed by atoms with E-state index in [-0.39, 0.29) is 5.56 Å². The summed E-state index contributed by atoms with van der Waals surface area (Å²) < 4.78 is 22.6. The fraction of sp³-hybridized carbons (Fsp3) is 0. The molecule has 6 heteroatoms. The molecule has 70 valence electrons. The van der Waals surface area contributed by atoms with E-state index in [0.29, 0.717) is 0 Å². The Balaban J connectivity index is 2.82. The van der Waals surface area contributed by atoms with Crippen molar-refractivity contribution in [1.82, 2.24) is 4.72 Å². The van der Waals surface area contributed by atoms with Crippen LogP contribution in [-0.4, -0.2) is 14.3 Å². The molecule has 5 nitrogen and oxygen atoms in total. The maximum absolute atomic E-state index is 11.1. The van der Waals surface area contributed by atoms with Crippen molar-refractivity contribution in [3.63, 3.8) is 0 Å². The first-order valence-electron chi connectivity index (χ1n) is 3.39. The van der Waals surface area contributed by atoms with Crippen molar-refractivity contribution < 1.29 is 13.2 Å². The van der Waals surface area contributed by atoms with Crippen LogP contribution in [0.2, 0.25) is 0 Å². The summed E-state index contributed by atoms with van der Waals surface area (Å²) in [4.78, 5) is 11.1. The molecule has 1 rings (SSSR count). The average molecular weight is 200 g/mol. The van der Waals surface area contributed by atoms with E-state index in [4.69, 9.17) is 0 Å². The summed E-state index contributed by atoms with van der Waals surface area (Å²) in [5.41, 5.74) is 0.247. The Bertz CT molecular complexity index is 399. The fourth-order valence-electron chi connectivity index (χ4n) is 0.778. The Morgan fingerprint density at radius 1 is 1.23 bits per heavy atom. The van der Waals surface area contributed by atoms with Crippen LogP contribution < -0.4 is 9.86 Å². The van der Waals surface area contributed by atoms with Crippen molar-refractivity contribution >= 4 is 16.1 Å². The molecule has 0 heterocycles. The van der Waals surface area contributed by atoms with E-state index in [2.05, 4.69) is 5.14 Å². The number of benzene rings is 1. The molecule has 0 unspecified atom stereocenters. The van der Waals surface area contributed by atoms with Crippen molar-refractivity contribution in [3.05, 3.63) is 35.9 Å². The maximum Gasteiger partial charge on any atom is 0.298 e. The third kappa shape index (κ3) is 3.22. The lowest BCUT2D eigenvalue weighted by molar-refractivity contribution is 0.0981. The first-order valence-corrected chi connectivity index (χ1v) is 4.93. The van der Waals surface area contributed by atoms with Gasteiger partial charge in [0.05, 0.1) is 0 Å². The Morgan fingerprint density at radius 3 is 2.23 bits per heavy atom.